The van der Waals surface area contributed by atoms with Gasteiger partial charge in [0.1, 0.15) is 16.4 Å². The summed E-state index contributed by atoms with van der Waals surface area (Å²) in [6.07, 6.45) is 0.912. The average molecular weight is 411 g/mol. The highest BCUT2D eigenvalue weighted by Gasteiger charge is 2.20. The molecule has 2 aromatic carbocycles. The van der Waals surface area contributed by atoms with E-state index < -0.39 is 20.7 Å². The van der Waals surface area contributed by atoms with E-state index in [0.717, 1.165) is 18.3 Å². The summed E-state index contributed by atoms with van der Waals surface area (Å²) in [7, 11) is -0.260. The molecule has 150 valence electrons. The predicted molar refractivity (Wildman–Crippen MR) is 98.8 cm³/mol. The Morgan fingerprint density at radius 3 is 2.36 bits per heavy atom. The lowest BCUT2D eigenvalue weighted by molar-refractivity contribution is -0.385. The largest absolute Gasteiger partial charge is 0.504 e. The zero-order valence-electron chi connectivity index (χ0n) is 15.1. The van der Waals surface area contributed by atoms with E-state index in [1.807, 2.05) is 4.83 Å². The normalized spacial score (nSPS) is 11.2. The van der Waals surface area contributed by atoms with Crippen molar-refractivity contribution < 1.29 is 32.7 Å². The van der Waals surface area contributed by atoms with Crippen LogP contribution in [0.1, 0.15) is 5.56 Å². The number of phenolic OH excluding ortho intramolecular Hbond substituents is 1. The van der Waals surface area contributed by atoms with Crippen molar-refractivity contribution in [2.45, 2.75) is 4.90 Å². The lowest BCUT2D eigenvalue weighted by atomic mass is 10.2. The van der Waals surface area contributed by atoms with Crippen LogP contribution in [-0.4, -0.2) is 46.0 Å². The topological polar surface area (TPSA) is 150 Å². The summed E-state index contributed by atoms with van der Waals surface area (Å²) in [6, 6.07) is 6.22. The minimum absolute atomic E-state index is 0.0587. The van der Waals surface area contributed by atoms with Crippen molar-refractivity contribution in [3.8, 4) is 23.0 Å². The number of hydrogen-bond donors (Lipinski definition) is 2. The average Bonchev–Trinajstić information content (AvgIpc) is 2.68. The molecule has 0 amide bonds. The van der Waals surface area contributed by atoms with Crippen LogP contribution < -0.4 is 19.0 Å². The maximum absolute atomic E-state index is 12.5. The summed E-state index contributed by atoms with van der Waals surface area (Å²) < 4.78 is 39.9. The summed E-state index contributed by atoms with van der Waals surface area (Å²) in [6.45, 7) is 0. The van der Waals surface area contributed by atoms with Gasteiger partial charge in [-0.2, -0.15) is 18.4 Å². The summed E-state index contributed by atoms with van der Waals surface area (Å²) >= 11 is 0. The highest BCUT2D eigenvalue weighted by molar-refractivity contribution is 7.89. The number of phenols is 1. The van der Waals surface area contributed by atoms with Crippen LogP contribution in [0.2, 0.25) is 0 Å². The monoisotopic (exact) mass is 411 g/mol. The van der Waals surface area contributed by atoms with Gasteiger partial charge in [0.25, 0.3) is 15.7 Å². The van der Waals surface area contributed by atoms with Crippen molar-refractivity contribution >= 4 is 21.9 Å². The minimum atomic E-state index is -4.16. The quantitative estimate of drug-likeness (QED) is 0.378. The molecule has 0 heterocycles. The van der Waals surface area contributed by atoms with Crippen molar-refractivity contribution in [1.82, 2.24) is 4.83 Å². The lowest BCUT2D eigenvalue weighted by Gasteiger charge is -2.10. The molecular weight excluding hydrogens is 394 g/mol. The van der Waals surface area contributed by atoms with Gasteiger partial charge >= 0.3 is 0 Å². The molecule has 0 unspecified atom stereocenters. The lowest BCUT2D eigenvalue weighted by Crippen LogP contribution is -2.19. The third kappa shape index (κ3) is 4.40. The fourth-order valence-electron chi connectivity index (χ4n) is 2.18. The molecule has 0 aliphatic carbocycles. The zero-order valence-corrected chi connectivity index (χ0v) is 15.9. The van der Waals surface area contributed by atoms with Gasteiger partial charge in [0.05, 0.1) is 38.5 Å². The molecule has 0 bridgehead atoms. The Balaban J connectivity index is 2.37. The number of aromatic hydroxyl groups is 1. The van der Waals surface area contributed by atoms with Gasteiger partial charge in [-0.3, -0.25) is 10.1 Å². The van der Waals surface area contributed by atoms with Gasteiger partial charge in [0, 0.05) is 17.7 Å². The first-order valence-electron chi connectivity index (χ1n) is 7.55. The second-order valence-corrected chi connectivity index (χ2v) is 6.84. The Kier molecular flexibility index (Phi) is 6.26. The van der Waals surface area contributed by atoms with Crippen molar-refractivity contribution in [2.24, 2.45) is 5.10 Å². The van der Waals surface area contributed by atoms with Gasteiger partial charge < -0.3 is 19.3 Å². The van der Waals surface area contributed by atoms with E-state index in [1.54, 1.807) is 0 Å². The van der Waals surface area contributed by atoms with Crippen LogP contribution in [0.5, 0.6) is 23.0 Å². The van der Waals surface area contributed by atoms with Crippen LogP contribution in [0.15, 0.2) is 40.3 Å². The first-order chi connectivity index (χ1) is 13.2. The number of non-ortho nitro benzene ring substituents is 1. The number of hydrazone groups is 1. The van der Waals surface area contributed by atoms with Crippen LogP contribution in [0.25, 0.3) is 0 Å². The SMILES string of the molecule is COc1ccc(OC)c(S(=O)(=O)N/N=C/c2cc([N+](=O)[O-])cc(OC)c2O)c1. The first kappa shape index (κ1) is 20.8. The van der Waals surface area contributed by atoms with Crippen LogP contribution in [-0.2, 0) is 10.0 Å². The Bertz CT molecular complexity index is 1020. The van der Waals surface area contributed by atoms with Gasteiger partial charge in [-0.15, -0.1) is 0 Å². The Hall–Kier alpha value is -3.54. The highest BCUT2D eigenvalue weighted by Crippen LogP contribution is 2.33. The second-order valence-electron chi connectivity index (χ2n) is 5.21. The van der Waals surface area contributed by atoms with Crippen LogP contribution in [0.4, 0.5) is 5.69 Å². The first-order valence-corrected chi connectivity index (χ1v) is 9.04. The molecule has 2 N–H and O–H groups in total. The smallest absolute Gasteiger partial charge is 0.280 e. The van der Waals surface area contributed by atoms with E-state index in [-0.39, 0.29) is 33.4 Å². The molecule has 0 aliphatic rings. The van der Waals surface area contributed by atoms with Gasteiger partial charge in [0.15, 0.2) is 11.5 Å². The molecule has 0 spiro atoms. The maximum atomic E-state index is 12.5. The number of ether oxygens (including phenoxy) is 3. The number of methoxy groups -OCH3 is 3. The summed E-state index contributed by atoms with van der Waals surface area (Å²) in [5.41, 5.74) is -0.486. The zero-order chi connectivity index (χ0) is 20.9. The van der Waals surface area contributed by atoms with Gasteiger partial charge in [-0.05, 0) is 12.1 Å². The molecule has 2 aromatic rings. The predicted octanol–water partition coefficient (Wildman–Crippen LogP) is 1.64. The molecule has 0 saturated heterocycles. The third-order valence-corrected chi connectivity index (χ3v) is 4.80. The Labute approximate surface area is 160 Å². The molecule has 11 nitrogen and oxygen atoms in total. The number of hydrogen-bond acceptors (Lipinski definition) is 9. The number of nitro groups is 1. The summed E-state index contributed by atoms with van der Waals surface area (Å²) in [5, 5.41) is 24.6. The van der Waals surface area contributed by atoms with E-state index >= 15 is 0 Å². The van der Waals surface area contributed by atoms with Crippen LogP contribution >= 0.6 is 0 Å². The number of nitrogens with one attached hydrogen (secondary N) is 1. The fourth-order valence-corrected chi connectivity index (χ4v) is 3.16. The van der Waals surface area contributed by atoms with Crippen LogP contribution in [0.3, 0.4) is 0 Å². The van der Waals surface area contributed by atoms with E-state index in [9.17, 15) is 23.6 Å². The van der Waals surface area contributed by atoms with E-state index in [0.29, 0.717) is 0 Å². The van der Waals surface area contributed by atoms with Crippen molar-refractivity contribution in [3.05, 3.63) is 46.0 Å². The Morgan fingerprint density at radius 1 is 1.11 bits per heavy atom. The second kappa shape index (κ2) is 8.43. The molecule has 12 heteroatoms. The molecule has 0 aliphatic heterocycles. The maximum Gasteiger partial charge on any atom is 0.280 e. The van der Waals surface area contributed by atoms with Crippen molar-refractivity contribution in [1.29, 1.82) is 0 Å². The summed E-state index contributed by atoms with van der Waals surface area (Å²) in [4.78, 5) is 12.0. The number of nitro benzene ring substituents is 1. The van der Waals surface area contributed by atoms with Gasteiger partial charge in [0.2, 0.25) is 0 Å². The highest BCUT2D eigenvalue weighted by atomic mass is 32.2. The van der Waals surface area contributed by atoms with Gasteiger partial charge in [-0.1, -0.05) is 0 Å². The molecular formula is C16H17N3O8S. The number of rotatable bonds is 8. The molecule has 0 radical (unpaired) electrons. The summed E-state index contributed by atoms with van der Waals surface area (Å²) in [5.74, 6) is -0.252. The standard InChI is InChI=1S/C16H17N3O8S/c1-25-12-4-5-13(26-2)15(8-12)28(23,24)18-17-9-10-6-11(19(21)22)7-14(27-3)16(10)20/h4-9,18,20H,1-3H3/b17-9+. The van der Waals surface area contributed by atoms with E-state index in [4.69, 9.17) is 14.2 Å². The Morgan fingerprint density at radius 2 is 1.79 bits per heavy atom. The molecule has 0 aromatic heterocycles. The van der Waals surface area contributed by atoms with E-state index in [2.05, 4.69) is 5.10 Å². The molecule has 0 fully saturated rings. The number of nitrogens with zero attached hydrogens (tertiary/aromatic N) is 2. The molecule has 0 atom stereocenters. The van der Waals surface area contributed by atoms with Crippen LogP contribution in [0, 0.1) is 10.1 Å². The minimum Gasteiger partial charge on any atom is -0.504 e. The third-order valence-electron chi connectivity index (χ3n) is 3.56. The van der Waals surface area contributed by atoms with Crippen molar-refractivity contribution in [3.63, 3.8) is 0 Å². The molecule has 0 saturated carbocycles. The van der Waals surface area contributed by atoms with E-state index in [1.165, 1.54) is 39.5 Å². The molecule has 2 rings (SSSR count). The van der Waals surface area contributed by atoms with Gasteiger partial charge in [-0.25, -0.2) is 0 Å². The fraction of sp³-hybridized carbons (Fsp3) is 0.188. The van der Waals surface area contributed by atoms with Crippen molar-refractivity contribution in [2.75, 3.05) is 21.3 Å². The number of sulfonamides is 1. The molecule has 28 heavy (non-hydrogen) atoms. The number of benzene rings is 2.